The number of methoxy groups -OCH3 is 1. The summed E-state index contributed by atoms with van der Waals surface area (Å²) in [6, 6.07) is 6.87. The molecule has 3 aromatic rings. The molecular weight excluding hydrogens is 457 g/mol. The molecule has 8 heteroatoms. The molecule has 2 aliphatic heterocycles. The van der Waals surface area contributed by atoms with E-state index >= 15 is 0 Å². The summed E-state index contributed by atoms with van der Waals surface area (Å²) < 4.78 is 21.7. The van der Waals surface area contributed by atoms with Crippen LogP contribution in [0.4, 0.5) is 15.8 Å². The molecule has 4 N–H and O–H groups in total. The first-order valence-corrected chi connectivity index (χ1v) is 12.3. The van der Waals surface area contributed by atoms with E-state index < -0.39 is 5.82 Å². The van der Waals surface area contributed by atoms with E-state index in [0.717, 1.165) is 35.5 Å². The van der Waals surface area contributed by atoms with Gasteiger partial charge in [0.15, 0.2) is 24.0 Å². The Bertz CT molecular complexity index is 1430. The summed E-state index contributed by atoms with van der Waals surface area (Å²) in [6.45, 7) is 1.60. The van der Waals surface area contributed by atoms with Crippen molar-refractivity contribution in [1.29, 1.82) is 0 Å². The number of nitrogens with zero attached hydrogens (tertiary/aromatic N) is 1. The van der Waals surface area contributed by atoms with Crippen molar-refractivity contribution < 1.29 is 18.5 Å². The van der Waals surface area contributed by atoms with Crippen molar-refractivity contribution in [2.75, 3.05) is 25.5 Å². The molecule has 1 saturated carbocycles. The fourth-order valence-electron chi connectivity index (χ4n) is 5.31. The zero-order valence-electron chi connectivity index (χ0n) is 20.4. The van der Waals surface area contributed by atoms with Crippen LogP contribution in [-0.4, -0.2) is 37.1 Å². The van der Waals surface area contributed by atoms with Gasteiger partial charge in [-0.25, -0.2) is 8.96 Å². The molecule has 1 spiro atoms. The number of carbonyl (C=O) groups excluding carboxylic acids is 1. The van der Waals surface area contributed by atoms with Crippen molar-refractivity contribution in [2.24, 2.45) is 12.5 Å². The van der Waals surface area contributed by atoms with Crippen molar-refractivity contribution in [3.05, 3.63) is 59.3 Å². The van der Waals surface area contributed by atoms with Crippen LogP contribution < -0.4 is 25.3 Å². The second kappa shape index (κ2) is 8.68. The van der Waals surface area contributed by atoms with E-state index in [1.54, 1.807) is 12.1 Å². The van der Waals surface area contributed by atoms with E-state index in [2.05, 4.69) is 32.8 Å². The number of amides is 1. The monoisotopic (exact) mass is 486 g/mol. The number of nitrogens with one attached hydrogen (secondary N) is 4. The van der Waals surface area contributed by atoms with Crippen molar-refractivity contribution in [3.63, 3.8) is 0 Å². The Morgan fingerprint density at radius 1 is 1.28 bits per heavy atom. The summed E-state index contributed by atoms with van der Waals surface area (Å²) in [5, 5.41) is 9.79. The first-order chi connectivity index (χ1) is 17.5. The third kappa shape index (κ3) is 3.99. The van der Waals surface area contributed by atoms with Crippen LogP contribution in [0.2, 0.25) is 0 Å². The summed E-state index contributed by atoms with van der Waals surface area (Å²) in [6.07, 6.45) is 8.30. The van der Waals surface area contributed by atoms with Gasteiger partial charge < -0.3 is 25.7 Å². The third-order valence-electron chi connectivity index (χ3n) is 7.46. The summed E-state index contributed by atoms with van der Waals surface area (Å²) in [7, 11) is 3.39. The molecule has 2 fully saturated rings. The molecule has 1 saturated heterocycles. The number of carbonyl (C=O) groups is 1. The largest absolute Gasteiger partial charge is 0.492 e. The summed E-state index contributed by atoms with van der Waals surface area (Å²) in [4.78, 5) is 16.4. The molecule has 1 aromatic carbocycles. The van der Waals surface area contributed by atoms with Crippen LogP contribution in [0.15, 0.2) is 36.7 Å². The van der Waals surface area contributed by atoms with Crippen molar-refractivity contribution in [3.8, 4) is 28.8 Å². The van der Waals surface area contributed by atoms with Gasteiger partial charge in [-0.3, -0.25) is 4.79 Å². The Labute approximate surface area is 209 Å². The second-order valence-corrected chi connectivity index (χ2v) is 10.0. The fraction of sp³-hybridized carbons (Fsp3) is 0.357. The van der Waals surface area contributed by atoms with E-state index in [-0.39, 0.29) is 17.7 Å². The summed E-state index contributed by atoms with van der Waals surface area (Å²) in [5.41, 5.74) is 5.33. The average Bonchev–Trinajstić information content (AvgIpc) is 3.34. The second-order valence-electron chi connectivity index (χ2n) is 10.0. The zero-order valence-corrected chi connectivity index (χ0v) is 20.4. The molecule has 4 heterocycles. The Balaban J connectivity index is 1.46. The molecule has 1 aliphatic carbocycles. The average molecular weight is 487 g/mol. The first kappa shape index (κ1) is 22.6. The van der Waals surface area contributed by atoms with Crippen LogP contribution in [0.1, 0.15) is 40.9 Å². The topological polar surface area (TPSA) is 82.1 Å². The Kier molecular flexibility index (Phi) is 5.45. The molecule has 1 atom stereocenters. The van der Waals surface area contributed by atoms with Gasteiger partial charge in [0.2, 0.25) is 0 Å². The molecule has 3 aliphatic rings. The van der Waals surface area contributed by atoms with Crippen LogP contribution in [0, 0.1) is 23.1 Å². The highest BCUT2D eigenvalue weighted by atomic mass is 19.1. The predicted molar refractivity (Wildman–Crippen MR) is 135 cm³/mol. The SMILES string of the molecule is COc1c(F)cccc1Nc1c(-c2cc[n+](C)cc2C#C[C@H]2CC3(CC3)CN2)[nH]c2c1C(=O)NCC2. The van der Waals surface area contributed by atoms with Crippen molar-refractivity contribution in [2.45, 2.75) is 31.7 Å². The van der Waals surface area contributed by atoms with Gasteiger partial charge in [-0.1, -0.05) is 17.9 Å². The summed E-state index contributed by atoms with van der Waals surface area (Å²) >= 11 is 0. The number of anilines is 2. The number of rotatable bonds is 4. The highest BCUT2D eigenvalue weighted by Crippen LogP contribution is 2.51. The highest BCUT2D eigenvalue weighted by Gasteiger charge is 2.47. The van der Waals surface area contributed by atoms with Crippen molar-refractivity contribution in [1.82, 2.24) is 15.6 Å². The minimum absolute atomic E-state index is 0.0930. The number of H-pyrrole nitrogens is 1. The maximum atomic E-state index is 14.5. The smallest absolute Gasteiger partial charge is 0.255 e. The van der Waals surface area contributed by atoms with Crippen LogP contribution >= 0.6 is 0 Å². The number of fused-ring (bicyclic) bond motifs is 1. The van der Waals surface area contributed by atoms with Gasteiger partial charge in [-0.05, 0) is 36.8 Å². The number of hydrogen-bond acceptors (Lipinski definition) is 4. The highest BCUT2D eigenvalue weighted by molar-refractivity contribution is 6.06. The number of halogens is 1. The summed E-state index contributed by atoms with van der Waals surface area (Å²) in [5.74, 6) is 6.29. The molecular formula is C28H29FN5O2+. The minimum atomic E-state index is -0.478. The van der Waals surface area contributed by atoms with E-state index in [9.17, 15) is 9.18 Å². The number of aromatic amines is 1. The first-order valence-electron chi connectivity index (χ1n) is 12.3. The van der Waals surface area contributed by atoms with E-state index in [0.29, 0.717) is 35.3 Å². The molecule has 0 unspecified atom stereocenters. The van der Waals surface area contributed by atoms with Crippen molar-refractivity contribution >= 4 is 17.3 Å². The zero-order chi connectivity index (χ0) is 24.9. The minimum Gasteiger partial charge on any atom is -0.492 e. The van der Waals surface area contributed by atoms with E-state index in [1.165, 1.54) is 26.0 Å². The van der Waals surface area contributed by atoms with Crippen LogP contribution in [-0.2, 0) is 13.5 Å². The lowest BCUT2D eigenvalue weighted by molar-refractivity contribution is -0.671. The van der Waals surface area contributed by atoms with E-state index in [4.69, 9.17) is 4.74 Å². The maximum Gasteiger partial charge on any atom is 0.255 e. The molecule has 184 valence electrons. The lowest BCUT2D eigenvalue weighted by atomic mass is 10.0. The maximum absolute atomic E-state index is 14.5. The van der Waals surface area contributed by atoms with Gasteiger partial charge in [0.05, 0.1) is 41.3 Å². The Hall–Kier alpha value is -3.83. The Morgan fingerprint density at radius 2 is 2.14 bits per heavy atom. The number of benzene rings is 1. The number of ether oxygens (including phenoxy) is 1. The molecule has 6 rings (SSSR count). The van der Waals surface area contributed by atoms with Gasteiger partial charge in [-0.2, -0.15) is 0 Å². The van der Waals surface area contributed by atoms with Crippen LogP contribution in [0.25, 0.3) is 11.3 Å². The number of hydrogen-bond donors (Lipinski definition) is 4. The lowest BCUT2D eigenvalue weighted by Crippen LogP contribution is -2.31. The number of pyridine rings is 1. The number of aryl methyl sites for hydroxylation is 1. The van der Waals surface area contributed by atoms with Crippen LogP contribution in [0.3, 0.4) is 0 Å². The van der Waals surface area contributed by atoms with Gasteiger partial charge in [0.1, 0.15) is 7.05 Å². The normalized spacial score (nSPS) is 19.3. The molecule has 1 amide bonds. The quantitative estimate of drug-likeness (QED) is 0.337. The lowest BCUT2D eigenvalue weighted by Gasteiger charge is -2.16. The van der Waals surface area contributed by atoms with Gasteiger partial charge in [0, 0.05) is 36.8 Å². The molecule has 36 heavy (non-hydrogen) atoms. The van der Waals surface area contributed by atoms with E-state index in [1.807, 2.05) is 30.1 Å². The van der Waals surface area contributed by atoms with Gasteiger partial charge in [-0.15, -0.1) is 0 Å². The molecule has 0 bridgehead atoms. The third-order valence-corrected chi connectivity index (χ3v) is 7.46. The fourth-order valence-corrected chi connectivity index (χ4v) is 5.31. The standard InChI is InChI=1S/C28H28FN5O2/c1-34-13-9-19(17(15-34)6-7-18-14-28(10-11-28)16-31-18)24-25(23-21(32-24)8-12-30-27(23)35)33-22-5-3-4-20(29)26(22)36-2/h3-5,9,13,15,18,31H,8,10-12,14,16H2,1-2H3,(H2,30,32,33,35)/p+1/t18-/m0/s1. The number of para-hydroxylation sites is 1. The van der Waals surface area contributed by atoms with Gasteiger partial charge in [0.25, 0.3) is 5.91 Å². The predicted octanol–water partition coefficient (Wildman–Crippen LogP) is 3.18. The molecule has 0 radical (unpaired) electrons. The molecule has 7 nitrogen and oxygen atoms in total. The van der Waals surface area contributed by atoms with Gasteiger partial charge >= 0.3 is 0 Å². The van der Waals surface area contributed by atoms with Crippen LogP contribution in [0.5, 0.6) is 5.75 Å². The number of aromatic nitrogens is 2. The molecule has 2 aromatic heterocycles. The Morgan fingerprint density at radius 3 is 2.92 bits per heavy atom.